The predicted molar refractivity (Wildman–Crippen MR) is 108 cm³/mol. The van der Waals surface area contributed by atoms with Crippen molar-refractivity contribution in [2.75, 3.05) is 13.7 Å². The summed E-state index contributed by atoms with van der Waals surface area (Å²) in [5.41, 5.74) is 1.98. The molecule has 1 aromatic rings. The minimum absolute atomic E-state index is 0.0475. The number of amides is 3. The van der Waals surface area contributed by atoms with E-state index in [0.29, 0.717) is 11.3 Å². The van der Waals surface area contributed by atoms with Crippen molar-refractivity contribution in [3.8, 4) is 5.75 Å². The van der Waals surface area contributed by atoms with Gasteiger partial charge in [-0.2, -0.15) is 0 Å². The lowest BCUT2D eigenvalue weighted by atomic mass is 9.90. The number of ether oxygens (including phenoxy) is 1. The van der Waals surface area contributed by atoms with Crippen molar-refractivity contribution in [2.45, 2.75) is 38.8 Å². The molecule has 31 heavy (non-hydrogen) atoms. The van der Waals surface area contributed by atoms with E-state index in [2.05, 4.69) is 10.6 Å². The van der Waals surface area contributed by atoms with Crippen LogP contribution in [0.3, 0.4) is 0 Å². The van der Waals surface area contributed by atoms with Crippen molar-refractivity contribution in [1.29, 1.82) is 0 Å². The summed E-state index contributed by atoms with van der Waals surface area (Å²) in [4.78, 5) is 47.3. The fourth-order valence-electron chi connectivity index (χ4n) is 2.90. The number of aliphatic carboxylic acids is 1. The second-order valence-corrected chi connectivity index (χ2v) is 7.36. The Kier molecular flexibility index (Phi) is 10.4. The number of hydrogen-bond acceptors (Lipinski definition) is 7. The zero-order valence-electron chi connectivity index (χ0n) is 17.6. The Morgan fingerprint density at radius 3 is 2.13 bits per heavy atom. The molecular weight excluding hydrogens is 410 g/mol. The van der Waals surface area contributed by atoms with Crippen molar-refractivity contribution in [3.63, 3.8) is 0 Å². The molecule has 0 saturated heterocycles. The third-order valence-corrected chi connectivity index (χ3v) is 4.43. The van der Waals surface area contributed by atoms with Crippen LogP contribution in [-0.2, 0) is 25.6 Å². The Bertz CT molecular complexity index is 766. The van der Waals surface area contributed by atoms with Crippen molar-refractivity contribution in [1.82, 2.24) is 16.1 Å². The maximum absolute atomic E-state index is 12.8. The monoisotopic (exact) mass is 439 g/mol. The summed E-state index contributed by atoms with van der Waals surface area (Å²) in [6, 6.07) is 5.33. The van der Waals surface area contributed by atoms with Crippen LogP contribution in [0.1, 0.15) is 25.8 Å². The Hall–Kier alpha value is -3.18. The quantitative estimate of drug-likeness (QED) is 0.186. The molecule has 11 nitrogen and oxygen atoms in total. The molecule has 1 aromatic carbocycles. The molecule has 172 valence electrons. The molecule has 0 aromatic heterocycles. The lowest BCUT2D eigenvalue weighted by molar-refractivity contribution is -0.147. The average molecular weight is 439 g/mol. The van der Waals surface area contributed by atoms with Crippen LogP contribution in [0.25, 0.3) is 0 Å². The van der Waals surface area contributed by atoms with Crippen LogP contribution in [0.2, 0.25) is 0 Å². The first-order valence-corrected chi connectivity index (χ1v) is 9.66. The first-order chi connectivity index (χ1) is 14.6. The fraction of sp³-hybridized carbons (Fsp3) is 0.500. The van der Waals surface area contributed by atoms with E-state index in [4.69, 9.17) is 15.1 Å². The molecule has 0 spiro atoms. The van der Waals surface area contributed by atoms with Gasteiger partial charge in [-0.15, -0.1) is 0 Å². The highest BCUT2D eigenvalue weighted by molar-refractivity contribution is 5.92. The van der Waals surface area contributed by atoms with Crippen LogP contribution < -0.4 is 20.9 Å². The van der Waals surface area contributed by atoms with Gasteiger partial charge in [-0.05, 0) is 30.0 Å². The first kappa shape index (κ1) is 25.9. The topological polar surface area (TPSA) is 174 Å². The van der Waals surface area contributed by atoms with Gasteiger partial charge in [-0.3, -0.25) is 19.6 Å². The van der Waals surface area contributed by atoms with Crippen molar-refractivity contribution in [3.05, 3.63) is 29.8 Å². The Labute approximate surface area is 179 Å². The Morgan fingerprint density at radius 2 is 1.65 bits per heavy atom. The first-order valence-electron chi connectivity index (χ1n) is 9.66. The number of aliphatic hydroxyl groups is 1. The molecule has 3 atom stereocenters. The second-order valence-electron chi connectivity index (χ2n) is 7.36. The lowest BCUT2D eigenvalue weighted by Crippen LogP contribution is -2.52. The highest BCUT2D eigenvalue weighted by Crippen LogP contribution is 2.18. The number of nitrogens with one attached hydrogen (secondary N) is 3. The highest BCUT2D eigenvalue weighted by atomic mass is 16.5. The van der Waals surface area contributed by atoms with E-state index < -0.39 is 48.4 Å². The molecule has 0 radical (unpaired) electrons. The van der Waals surface area contributed by atoms with Gasteiger partial charge in [0, 0.05) is 13.5 Å². The summed E-state index contributed by atoms with van der Waals surface area (Å²) < 4.78 is 5.05. The van der Waals surface area contributed by atoms with Gasteiger partial charge in [-0.25, -0.2) is 10.3 Å². The number of likely N-dealkylation sites (N-methyl/N-ethyl adjacent to an activating group) is 1. The van der Waals surface area contributed by atoms with E-state index in [0.717, 1.165) is 0 Å². The van der Waals surface area contributed by atoms with Crippen LogP contribution in [0.5, 0.6) is 5.75 Å². The molecule has 0 aliphatic carbocycles. The molecule has 0 saturated carbocycles. The number of carbonyl (C=O) groups is 4. The molecule has 11 heteroatoms. The molecule has 0 heterocycles. The van der Waals surface area contributed by atoms with Gasteiger partial charge in [0.05, 0.1) is 5.92 Å². The Balaban J connectivity index is 2.95. The molecule has 0 aliphatic heterocycles. The third-order valence-electron chi connectivity index (χ3n) is 4.43. The van der Waals surface area contributed by atoms with Crippen LogP contribution >= 0.6 is 0 Å². The molecule has 6 N–H and O–H groups in total. The number of carboxylic acids is 1. The zero-order valence-corrected chi connectivity index (χ0v) is 17.6. The number of aliphatic hydroxyl groups excluding tert-OH is 1. The van der Waals surface area contributed by atoms with Gasteiger partial charge in [0.15, 0.2) is 6.61 Å². The minimum Gasteiger partial charge on any atom is -0.482 e. The van der Waals surface area contributed by atoms with Crippen LogP contribution in [0, 0.1) is 11.8 Å². The van der Waals surface area contributed by atoms with Crippen molar-refractivity contribution in [2.24, 2.45) is 11.8 Å². The standard InChI is InChI=1S/C20H29N3O8/c1-11(2)8-14(17(26)20(29)23-30)18(27)22-15(19(28)21-3)9-12-4-6-13(7-5-12)31-10-16(24)25/h4-7,11,14-15,17,26,30H,8-10H2,1-3H3,(H,21,28)(H,22,27)(H,23,29)(H,24,25)/t14-,15?,17+/m1/s1. The van der Waals surface area contributed by atoms with Crippen molar-refractivity contribution >= 4 is 23.7 Å². The maximum atomic E-state index is 12.8. The van der Waals surface area contributed by atoms with E-state index >= 15 is 0 Å². The molecular formula is C20H29N3O8. The molecule has 0 fully saturated rings. The summed E-state index contributed by atoms with van der Waals surface area (Å²) in [6.45, 7) is 3.11. The van der Waals surface area contributed by atoms with E-state index in [1.54, 1.807) is 26.0 Å². The number of carboxylic acid groups (broad SMARTS) is 1. The van der Waals surface area contributed by atoms with Gasteiger partial charge in [-0.1, -0.05) is 26.0 Å². The Morgan fingerprint density at radius 1 is 1.03 bits per heavy atom. The maximum Gasteiger partial charge on any atom is 0.341 e. The van der Waals surface area contributed by atoms with Gasteiger partial charge < -0.3 is 25.6 Å². The fourth-order valence-corrected chi connectivity index (χ4v) is 2.90. The van der Waals surface area contributed by atoms with Gasteiger partial charge >= 0.3 is 5.97 Å². The number of hydroxylamine groups is 1. The largest absolute Gasteiger partial charge is 0.482 e. The average Bonchev–Trinajstić information content (AvgIpc) is 2.74. The summed E-state index contributed by atoms with van der Waals surface area (Å²) in [5.74, 6) is -4.31. The molecule has 3 amide bonds. The summed E-state index contributed by atoms with van der Waals surface area (Å²) in [6.07, 6.45) is -1.54. The number of rotatable bonds is 12. The van der Waals surface area contributed by atoms with Crippen LogP contribution in [0.4, 0.5) is 0 Å². The van der Waals surface area contributed by atoms with Crippen LogP contribution in [0.15, 0.2) is 24.3 Å². The normalized spacial score (nSPS) is 13.6. The number of hydrogen-bond donors (Lipinski definition) is 6. The van der Waals surface area contributed by atoms with Gasteiger partial charge in [0.1, 0.15) is 17.9 Å². The summed E-state index contributed by atoms with van der Waals surface area (Å²) >= 11 is 0. The van der Waals surface area contributed by atoms with Crippen LogP contribution in [-0.4, -0.2) is 64.9 Å². The summed E-state index contributed by atoms with van der Waals surface area (Å²) in [7, 11) is 1.41. The van der Waals surface area contributed by atoms with Gasteiger partial charge in [0.25, 0.3) is 5.91 Å². The number of benzene rings is 1. The molecule has 0 bridgehead atoms. The highest BCUT2D eigenvalue weighted by Gasteiger charge is 2.34. The molecule has 1 rings (SSSR count). The number of carbonyl (C=O) groups excluding carboxylic acids is 3. The van der Waals surface area contributed by atoms with E-state index in [1.807, 2.05) is 0 Å². The molecule has 1 unspecified atom stereocenters. The summed E-state index contributed by atoms with van der Waals surface area (Å²) in [5, 5.41) is 32.5. The predicted octanol–water partition coefficient (Wildman–Crippen LogP) is -0.548. The SMILES string of the molecule is CNC(=O)C(Cc1ccc(OCC(=O)O)cc1)NC(=O)[C@H](CC(C)C)[C@H](O)C(=O)NO. The second kappa shape index (κ2) is 12.5. The van der Waals surface area contributed by atoms with Gasteiger partial charge in [0.2, 0.25) is 11.8 Å². The van der Waals surface area contributed by atoms with E-state index in [1.165, 1.54) is 24.7 Å². The van der Waals surface area contributed by atoms with E-state index in [9.17, 15) is 24.3 Å². The van der Waals surface area contributed by atoms with E-state index in [-0.39, 0.29) is 18.8 Å². The van der Waals surface area contributed by atoms with Crippen molar-refractivity contribution < 1.29 is 39.3 Å². The smallest absolute Gasteiger partial charge is 0.341 e. The third kappa shape index (κ3) is 8.60. The zero-order chi connectivity index (χ0) is 23.6. The lowest BCUT2D eigenvalue weighted by Gasteiger charge is -2.25. The minimum atomic E-state index is -1.79. The molecule has 0 aliphatic rings.